The van der Waals surface area contributed by atoms with Gasteiger partial charge in [0.15, 0.2) is 0 Å². The number of nitrogens with one attached hydrogen (secondary N) is 1. The van der Waals surface area contributed by atoms with Crippen LogP contribution in [0.5, 0.6) is 0 Å². The number of tetrazole rings is 1. The topological polar surface area (TPSA) is 93.7 Å². The lowest BCUT2D eigenvalue weighted by Crippen LogP contribution is -2.51. The molecule has 2 N–H and O–H groups in total. The fourth-order valence-electron chi connectivity index (χ4n) is 2.88. The minimum Gasteiger partial charge on any atom is -0.391 e. The molecule has 0 amide bonds. The summed E-state index contributed by atoms with van der Waals surface area (Å²) in [6, 6.07) is 9.72. The zero-order valence-electron chi connectivity index (χ0n) is 12.6. The van der Waals surface area contributed by atoms with E-state index in [-0.39, 0.29) is 12.1 Å². The van der Waals surface area contributed by atoms with Crippen LogP contribution in [0.25, 0.3) is 5.69 Å². The predicted molar refractivity (Wildman–Crippen MR) is 83.2 cm³/mol. The van der Waals surface area contributed by atoms with Crippen molar-refractivity contribution in [1.82, 2.24) is 30.0 Å². The Bertz CT molecular complexity index is 781. The summed E-state index contributed by atoms with van der Waals surface area (Å²) in [4.78, 5) is 0. The van der Waals surface area contributed by atoms with E-state index in [4.69, 9.17) is 0 Å². The van der Waals surface area contributed by atoms with Gasteiger partial charge in [-0.25, -0.2) is 0 Å². The first-order valence-corrected chi connectivity index (χ1v) is 7.51. The Morgan fingerprint density at radius 1 is 1.26 bits per heavy atom. The predicted octanol–water partition coefficient (Wildman–Crippen LogP) is 0.954. The second-order valence-corrected chi connectivity index (χ2v) is 5.78. The molecule has 1 aliphatic carbocycles. The molecule has 0 saturated heterocycles. The van der Waals surface area contributed by atoms with Gasteiger partial charge in [-0.2, -0.15) is 9.78 Å². The summed E-state index contributed by atoms with van der Waals surface area (Å²) in [5.41, 5.74) is 2.07. The zero-order valence-corrected chi connectivity index (χ0v) is 12.6. The largest absolute Gasteiger partial charge is 0.391 e. The van der Waals surface area contributed by atoms with Gasteiger partial charge in [0.2, 0.25) is 5.95 Å². The second-order valence-electron chi connectivity index (χ2n) is 5.78. The molecule has 3 aromatic rings. The highest BCUT2D eigenvalue weighted by molar-refractivity contribution is 5.41. The van der Waals surface area contributed by atoms with Crippen molar-refractivity contribution in [3.63, 3.8) is 0 Å². The van der Waals surface area contributed by atoms with Gasteiger partial charge in [0.25, 0.3) is 0 Å². The molecule has 23 heavy (non-hydrogen) atoms. The van der Waals surface area contributed by atoms with Crippen molar-refractivity contribution >= 4 is 5.95 Å². The van der Waals surface area contributed by atoms with Gasteiger partial charge in [0.1, 0.15) is 0 Å². The van der Waals surface area contributed by atoms with E-state index in [1.165, 1.54) is 5.56 Å². The van der Waals surface area contributed by atoms with Crippen LogP contribution >= 0.6 is 0 Å². The summed E-state index contributed by atoms with van der Waals surface area (Å²) < 4.78 is 3.43. The lowest BCUT2D eigenvalue weighted by Gasteiger charge is -2.41. The summed E-state index contributed by atoms with van der Waals surface area (Å²) >= 11 is 0. The summed E-state index contributed by atoms with van der Waals surface area (Å²) in [5, 5.41) is 29.4. The molecule has 0 bridgehead atoms. The summed E-state index contributed by atoms with van der Waals surface area (Å²) in [7, 11) is 0. The van der Waals surface area contributed by atoms with Gasteiger partial charge < -0.3 is 10.4 Å². The molecule has 2 heterocycles. The summed E-state index contributed by atoms with van der Waals surface area (Å²) in [6.45, 7) is 2.03. The van der Waals surface area contributed by atoms with Crippen LogP contribution in [0.1, 0.15) is 18.0 Å². The van der Waals surface area contributed by atoms with E-state index in [1.807, 2.05) is 43.5 Å². The Balaban J connectivity index is 1.56. The minimum atomic E-state index is -0.420. The maximum atomic E-state index is 10.0. The highest BCUT2D eigenvalue weighted by Crippen LogP contribution is 2.34. The number of aliphatic hydroxyl groups excluding tert-OH is 1. The molecule has 3 atom stereocenters. The number of hydrogen-bond donors (Lipinski definition) is 2. The van der Waals surface area contributed by atoms with Crippen LogP contribution in [0.2, 0.25) is 0 Å². The van der Waals surface area contributed by atoms with E-state index in [9.17, 15) is 5.11 Å². The molecule has 4 rings (SSSR count). The molecule has 0 unspecified atom stereocenters. The summed E-state index contributed by atoms with van der Waals surface area (Å²) in [6.07, 6.45) is 3.77. The monoisotopic (exact) mass is 311 g/mol. The van der Waals surface area contributed by atoms with E-state index < -0.39 is 6.10 Å². The first-order valence-electron chi connectivity index (χ1n) is 7.51. The van der Waals surface area contributed by atoms with Gasteiger partial charge in [0, 0.05) is 12.4 Å². The first-order chi connectivity index (χ1) is 11.2. The third-order valence-electron chi connectivity index (χ3n) is 4.19. The van der Waals surface area contributed by atoms with E-state index in [1.54, 1.807) is 15.6 Å². The maximum Gasteiger partial charge on any atom is 0.248 e. The first kappa shape index (κ1) is 13.9. The van der Waals surface area contributed by atoms with Gasteiger partial charge in [-0.1, -0.05) is 22.8 Å². The number of aryl methyl sites for hydroxylation is 1. The van der Waals surface area contributed by atoms with Gasteiger partial charge in [0.05, 0.1) is 23.9 Å². The van der Waals surface area contributed by atoms with Crippen molar-refractivity contribution in [2.45, 2.75) is 31.5 Å². The highest BCUT2D eigenvalue weighted by Gasteiger charge is 2.42. The third kappa shape index (κ3) is 2.46. The van der Waals surface area contributed by atoms with Crippen molar-refractivity contribution < 1.29 is 5.11 Å². The molecule has 1 aromatic carbocycles. The van der Waals surface area contributed by atoms with Crippen molar-refractivity contribution in [3.05, 3.63) is 48.3 Å². The molecule has 2 aromatic heterocycles. The SMILES string of the molecule is Cc1ccc(-n2nnnc2N[C@H]2C[C@@H](O)[C@@H]2n2cccn2)cc1. The van der Waals surface area contributed by atoms with Crippen molar-refractivity contribution in [3.8, 4) is 5.69 Å². The highest BCUT2D eigenvalue weighted by atomic mass is 16.3. The molecule has 1 aliphatic rings. The van der Waals surface area contributed by atoms with Crippen molar-refractivity contribution in [2.75, 3.05) is 5.32 Å². The Hall–Kier alpha value is -2.74. The van der Waals surface area contributed by atoms with Gasteiger partial charge in [-0.15, -0.1) is 0 Å². The molecule has 0 radical (unpaired) electrons. The lowest BCUT2D eigenvalue weighted by atomic mass is 9.83. The standard InChI is InChI=1S/C15H17N7O/c1-10-3-5-11(6-4-10)22-15(18-19-20-22)17-12-9-13(23)14(12)21-8-2-7-16-21/h2-8,12-14,23H,9H2,1H3,(H,17,18,20)/t12-,13+,14+/m0/s1. The van der Waals surface area contributed by atoms with Crippen LogP contribution in [0, 0.1) is 6.92 Å². The number of nitrogens with zero attached hydrogens (tertiary/aromatic N) is 6. The number of benzene rings is 1. The molecule has 0 aliphatic heterocycles. The quantitative estimate of drug-likeness (QED) is 0.745. The fourth-order valence-corrected chi connectivity index (χ4v) is 2.88. The molecule has 8 heteroatoms. The molecule has 1 fully saturated rings. The Morgan fingerprint density at radius 2 is 2.09 bits per heavy atom. The number of aliphatic hydroxyl groups is 1. The van der Waals surface area contributed by atoms with Crippen molar-refractivity contribution in [2.24, 2.45) is 0 Å². The lowest BCUT2D eigenvalue weighted by molar-refractivity contribution is 0.0131. The molecule has 0 spiro atoms. The van der Waals surface area contributed by atoms with Gasteiger partial charge >= 0.3 is 0 Å². The molecule has 1 saturated carbocycles. The smallest absolute Gasteiger partial charge is 0.248 e. The van der Waals surface area contributed by atoms with E-state index >= 15 is 0 Å². The Kier molecular flexibility index (Phi) is 3.30. The van der Waals surface area contributed by atoms with E-state index in [0.717, 1.165) is 5.69 Å². The number of rotatable bonds is 4. The number of hydrogen-bond acceptors (Lipinski definition) is 6. The Morgan fingerprint density at radius 3 is 2.78 bits per heavy atom. The Labute approximate surface area is 132 Å². The van der Waals surface area contributed by atoms with Gasteiger partial charge in [-0.3, -0.25) is 4.68 Å². The zero-order chi connectivity index (χ0) is 15.8. The average Bonchev–Trinajstić information content (AvgIpc) is 3.19. The van der Waals surface area contributed by atoms with Crippen LogP contribution in [0.15, 0.2) is 42.7 Å². The average molecular weight is 311 g/mol. The number of anilines is 1. The molecule has 118 valence electrons. The van der Waals surface area contributed by atoms with Crippen LogP contribution < -0.4 is 5.32 Å². The normalized spacial score (nSPS) is 23.5. The minimum absolute atomic E-state index is 0.0279. The van der Waals surface area contributed by atoms with Gasteiger partial charge in [-0.05, 0) is 42.0 Å². The number of aromatic nitrogens is 6. The van der Waals surface area contributed by atoms with Crippen LogP contribution in [-0.4, -0.2) is 47.2 Å². The summed E-state index contributed by atoms with van der Waals surface area (Å²) in [5.74, 6) is 0.558. The van der Waals surface area contributed by atoms with E-state index in [2.05, 4.69) is 25.9 Å². The molecular weight excluding hydrogens is 294 g/mol. The van der Waals surface area contributed by atoms with E-state index in [0.29, 0.717) is 12.4 Å². The second kappa shape index (κ2) is 5.47. The molecular formula is C15H17N7O. The van der Waals surface area contributed by atoms with Crippen LogP contribution in [0.4, 0.5) is 5.95 Å². The van der Waals surface area contributed by atoms with Crippen LogP contribution in [-0.2, 0) is 0 Å². The van der Waals surface area contributed by atoms with Crippen molar-refractivity contribution in [1.29, 1.82) is 0 Å². The van der Waals surface area contributed by atoms with Crippen LogP contribution in [0.3, 0.4) is 0 Å². The maximum absolute atomic E-state index is 10.0. The fraction of sp³-hybridized carbons (Fsp3) is 0.333. The third-order valence-corrected chi connectivity index (χ3v) is 4.19. The molecule has 8 nitrogen and oxygen atoms in total.